The predicted molar refractivity (Wildman–Crippen MR) is 85.8 cm³/mol. The second kappa shape index (κ2) is 7.76. The molecule has 6 nitrogen and oxygen atoms in total. The molecule has 0 bridgehead atoms. The van der Waals surface area contributed by atoms with Crippen LogP contribution < -0.4 is 10.6 Å². The highest BCUT2D eigenvalue weighted by atomic mass is 16.4. The molecular weight excluding hydrogens is 296 g/mol. The third-order valence-corrected chi connectivity index (χ3v) is 4.19. The van der Waals surface area contributed by atoms with Crippen molar-refractivity contribution in [3.8, 4) is 0 Å². The molecule has 2 rings (SSSR count). The summed E-state index contributed by atoms with van der Waals surface area (Å²) in [4.78, 5) is 35.4. The van der Waals surface area contributed by atoms with E-state index in [0.29, 0.717) is 24.9 Å². The quantitative estimate of drug-likeness (QED) is 0.774. The van der Waals surface area contributed by atoms with Crippen molar-refractivity contribution in [2.45, 2.75) is 38.6 Å². The van der Waals surface area contributed by atoms with Crippen LogP contribution in [0.2, 0.25) is 0 Å². The zero-order chi connectivity index (χ0) is 16.8. The molecule has 3 unspecified atom stereocenters. The van der Waals surface area contributed by atoms with Gasteiger partial charge in [0.2, 0.25) is 11.8 Å². The normalized spacial score (nSPS) is 22.0. The molecular formula is C17H22N2O4. The van der Waals surface area contributed by atoms with Crippen LogP contribution in [0.25, 0.3) is 0 Å². The van der Waals surface area contributed by atoms with Gasteiger partial charge in [0.25, 0.3) is 0 Å². The summed E-state index contributed by atoms with van der Waals surface area (Å²) in [5.74, 6) is -2.19. The smallest absolute Gasteiger partial charge is 0.306 e. The van der Waals surface area contributed by atoms with Crippen LogP contribution in [-0.2, 0) is 14.4 Å². The number of benzene rings is 1. The molecule has 2 amide bonds. The Morgan fingerprint density at radius 2 is 1.78 bits per heavy atom. The minimum Gasteiger partial charge on any atom is -0.481 e. The average molecular weight is 318 g/mol. The number of nitrogens with one attached hydrogen (secondary N) is 2. The summed E-state index contributed by atoms with van der Waals surface area (Å²) < 4.78 is 0. The summed E-state index contributed by atoms with van der Waals surface area (Å²) in [6.07, 6.45) is 2.35. The van der Waals surface area contributed by atoms with Crippen LogP contribution in [0.15, 0.2) is 30.3 Å². The second-order valence-electron chi connectivity index (χ2n) is 5.98. The summed E-state index contributed by atoms with van der Waals surface area (Å²) in [7, 11) is 0. The molecule has 1 aromatic carbocycles. The van der Waals surface area contributed by atoms with Gasteiger partial charge in [0.1, 0.15) is 6.04 Å². The summed E-state index contributed by atoms with van der Waals surface area (Å²) in [5.41, 5.74) is 0.669. The van der Waals surface area contributed by atoms with Crippen LogP contribution in [0.3, 0.4) is 0 Å². The van der Waals surface area contributed by atoms with Crippen LogP contribution in [0.5, 0.6) is 0 Å². The van der Waals surface area contributed by atoms with Gasteiger partial charge in [-0.05, 0) is 38.3 Å². The molecule has 0 saturated heterocycles. The number of para-hydroxylation sites is 1. The van der Waals surface area contributed by atoms with E-state index in [1.165, 1.54) is 0 Å². The van der Waals surface area contributed by atoms with Gasteiger partial charge in [-0.3, -0.25) is 14.4 Å². The fraction of sp³-hybridized carbons (Fsp3) is 0.471. The number of aliphatic carboxylic acids is 1. The first-order chi connectivity index (χ1) is 11.0. The summed E-state index contributed by atoms with van der Waals surface area (Å²) in [5, 5.41) is 14.5. The van der Waals surface area contributed by atoms with Crippen LogP contribution in [0.4, 0.5) is 5.69 Å². The van der Waals surface area contributed by atoms with E-state index in [1.54, 1.807) is 19.1 Å². The van der Waals surface area contributed by atoms with Gasteiger partial charge in [0.15, 0.2) is 0 Å². The fourth-order valence-corrected chi connectivity index (χ4v) is 2.82. The van der Waals surface area contributed by atoms with Crippen molar-refractivity contribution in [3.05, 3.63) is 30.3 Å². The van der Waals surface area contributed by atoms with Crippen LogP contribution in [0.1, 0.15) is 32.6 Å². The molecule has 1 aliphatic rings. The Morgan fingerprint density at radius 1 is 1.13 bits per heavy atom. The number of carboxylic acids is 1. The molecule has 0 aromatic heterocycles. The second-order valence-corrected chi connectivity index (χ2v) is 5.98. The first-order valence-corrected chi connectivity index (χ1v) is 7.86. The Kier molecular flexibility index (Phi) is 5.73. The number of hydrogen-bond acceptors (Lipinski definition) is 3. The van der Waals surface area contributed by atoms with E-state index in [2.05, 4.69) is 10.6 Å². The molecule has 0 radical (unpaired) electrons. The predicted octanol–water partition coefficient (Wildman–Crippen LogP) is 2.02. The molecule has 0 heterocycles. The Labute approximate surface area is 135 Å². The SMILES string of the molecule is CC(NC(=O)C1CCCC(C(=O)O)C1)C(=O)Nc1ccccc1. The summed E-state index contributed by atoms with van der Waals surface area (Å²) >= 11 is 0. The van der Waals surface area contributed by atoms with E-state index in [1.807, 2.05) is 18.2 Å². The first kappa shape index (κ1) is 17.0. The topological polar surface area (TPSA) is 95.5 Å². The van der Waals surface area contributed by atoms with Crippen molar-refractivity contribution >= 4 is 23.5 Å². The van der Waals surface area contributed by atoms with Crippen molar-refractivity contribution in [2.24, 2.45) is 11.8 Å². The third-order valence-electron chi connectivity index (χ3n) is 4.19. The molecule has 6 heteroatoms. The fourth-order valence-electron chi connectivity index (χ4n) is 2.82. The van der Waals surface area contributed by atoms with Crippen molar-refractivity contribution in [2.75, 3.05) is 5.32 Å². The number of carboxylic acid groups (broad SMARTS) is 1. The maximum atomic E-state index is 12.2. The van der Waals surface area contributed by atoms with Gasteiger partial charge in [-0.25, -0.2) is 0 Å². The van der Waals surface area contributed by atoms with Crippen LogP contribution in [-0.4, -0.2) is 28.9 Å². The van der Waals surface area contributed by atoms with Crippen LogP contribution >= 0.6 is 0 Å². The molecule has 0 spiro atoms. The van der Waals surface area contributed by atoms with Crippen molar-refractivity contribution in [1.82, 2.24) is 5.32 Å². The third kappa shape index (κ3) is 4.81. The first-order valence-electron chi connectivity index (χ1n) is 7.86. The lowest BCUT2D eigenvalue weighted by Gasteiger charge is -2.26. The molecule has 1 saturated carbocycles. The lowest BCUT2D eigenvalue weighted by Crippen LogP contribution is -2.45. The van der Waals surface area contributed by atoms with Gasteiger partial charge in [0, 0.05) is 11.6 Å². The maximum absolute atomic E-state index is 12.2. The van der Waals surface area contributed by atoms with Gasteiger partial charge in [-0.15, -0.1) is 0 Å². The van der Waals surface area contributed by atoms with Gasteiger partial charge >= 0.3 is 5.97 Å². The molecule has 3 N–H and O–H groups in total. The molecule has 0 aliphatic heterocycles. The average Bonchev–Trinajstić information content (AvgIpc) is 2.55. The largest absolute Gasteiger partial charge is 0.481 e. The number of rotatable bonds is 5. The van der Waals surface area contributed by atoms with Crippen molar-refractivity contribution in [1.29, 1.82) is 0 Å². The highest BCUT2D eigenvalue weighted by Crippen LogP contribution is 2.29. The Balaban J connectivity index is 1.86. The number of hydrogen-bond donors (Lipinski definition) is 3. The van der Waals surface area contributed by atoms with Gasteiger partial charge in [0.05, 0.1) is 5.92 Å². The molecule has 1 aliphatic carbocycles. The minimum atomic E-state index is -0.850. The number of anilines is 1. The molecule has 23 heavy (non-hydrogen) atoms. The van der Waals surface area contributed by atoms with Crippen molar-refractivity contribution in [3.63, 3.8) is 0 Å². The Hall–Kier alpha value is -2.37. The molecule has 1 fully saturated rings. The molecule has 1 aromatic rings. The number of carbonyl (C=O) groups excluding carboxylic acids is 2. The molecule has 3 atom stereocenters. The monoisotopic (exact) mass is 318 g/mol. The van der Waals surface area contributed by atoms with Gasteiger partial charge in [-0.1, -0.05) is 24.6 Å². The zero-order valence-electron chi connectivity index (χ0n) is 13.1. The van der Waals surface area contributed by atoms with Crippen LogP contribution in [0, 0.1) is 11.8 Å². The maximum Gasteiger partial charge on any atom is 0.306 e. The minimum absolute atomic E-state index is 0.244. The van der Waals surface area contributed by atoms with E-state index >= 15 is 0 Å². The summed E-state index contributed by atoms with van der Waals surface area (Å²) in [6.45, 7) is 1.62. The van der Waals surface area contributed by atoms with Gasteiger partial charge in [-0.2, -0.15) is 0 Å². The highest BCUT2D eigenvalue weighted by Gasteiger charge is 2.32. The van der Waals surface area contributed by atoms with Gasteiger partial charge < -0.3 is 15.7 Å². The zero-order valence-corrected chi connectivity index (χ0v) is 13.1. The Morgan fingerprint density at radius 3 is 2.43 bits per heavy atom. The van der Waals surface area contributed by atoms with E-state index in [9.17, 15) is 14.4 Å². The summed E-state index contributed by atoms with van der Waals surface area (Å²) in [6, 6.07) is 8.34. The molecule has 124 valence electrons. The standard InChI is InChI=1S/C17H22N2O4/c1-11(15(20)19-14-8-3-2-4-9-14)18-16(21)12-6-5-7-13(10-12)17(22)23/h2-4,8-9,11-13H,5-7,10H2,1H3,(H,18,21)(H,19,20)(H,22,23). The van der Waals surface area contributed by atoms with E-state index in [-0.39, 0.29) is 17.7 Å². The number of carbonyl (C=O) groups is 3. The lowest BCUT2D eigenvalue weighted by molar-refractivity contribution is -0.144. The van der Waals surface area contributed by atoms with Crippen molar-refractivity contribution < 1.29 is 19.5 Å². The number of amides is 2. The lowest BCUT2D eigenvalue weighted by atomic mass is 9.81. The van der Waals surface area contributed by atoms with E-state index in [4.69, 9.17) is 5.11 Å². The van der Waals surface area contributed by atoms with E-state index < -0.39 is 17.9 Å². The van der Waals surface area contributed by atoms with E-state index in [0.717, 1.165) is 6.42 Å². The highest BCUT2D eigenvalue weighted by molar-refractivity contribution is 5.97. The Bertz CT molecular complexity index is 573.